The third kappa shape index (κ3) is 6.17. The first kappa shape index (κ1) is 25.1. The summed E-state index contributed by atoms with van der Waals surface area (Å²) in [5.41, 5.74) is 3.02. The van der Waals surface area contributed by atoms with Gasteiger partial charge in [-0.15, -0.1) is 0 Å². The number of nitrogens with zero attached hydrogens (tertiary/aromatic N) is 3. The molecule has 0 bridgehead atoms. The summed E-state index contributed by atoms with van der Waals surface area (Å²) in [6.45, 7) is 2.42. The summed E-state index contributed by atoms with van der Waals surface area (Å²) < 4.78 is 39.1. The van der Waals surface area contributed by atoms with E-state index >= 15 is 0 Å². The zero-order chi connectivity index (χ0) is 25.0. The van der Waals surface area contributed by atoms with Gasteiger partial charge in [-0.25, -0.2) is 4.68 Å². The molecule has 1 aliphatic rings. The average molecular weight is 530 g/mol. The number of carbonyl (C=O) groups excluding carboxylic acids is 1. The molecular formula is C24H23N3O5S3. The quantitative estimate of drug-likeness (QED) is 0.247. The normalized spacial score (nSPS) is 15.3. The number of rotatable bonds is 9. The molecule has 0 radical (unpaired) electrons. The van der Waals surface area contributed by atoms with Crippen molar-refractivity contribution in [3.63, 3.8) is 0 Å². The fraction of sp³-hybridized carbons (Fsp3) is 0.208. The van der Waals surface area contributed by atoms with E-state index in [4.69, 9.17) is 26.6 Å². The van der Waals surface area contributed by atoms with Crippen LogP contribution in [0.15, 0.2) is 65.7 Å². The lowest BCUT2D eigenvalue weighted by Gasteiger charge is -2.12. The fourth-order valence-corrected chi connectivity index (χ4v) is 5.14. The summed E-state index contributed by atoms with van der Waals surface area (Å²) in [7, 11) is -4.22. The van der Waals surface area contributed by atoms with E-state index in [1.807, 2.05) is 67.7 Å². The monoisotopic (exact) mass is 529 g/mol. The molecule has 3 aromatic rings. The van der Waals surface area contributed by atoms with Gasteiger partial charge in [0.05, 0.1) is 23.0 Å². The van der Waals surface area contributed by atoms with Gasteiger partial charge in [-0.05, 0) is 36.8 Å². The van der Waals surface area contributed by atoms with Crippen molar-refractivity contribution < 1.29 is 22.5 Å². The molecule has 8 nitrogen and oxygen atoms in total. The second-order valence-corrected chi connectivity index (χ2v) is 11.0. The summed E-state index contributed by atoms with van der Waals surface area (Å²) in [5.74, 6) is -0.280. The van der Waals surface area contributed by atoms with Gasteiger partial charge in [0, 0.05) is 23.9 Å². The summed E-state index contributed by atoms with van der Waals surface area (Å²) in [6, 6.07) is 17.2. The molecule has 1 saturated heterocycles. The summed E-state index contributed by atoms with van der Waals surface area (Å²) in [6.07, 6.45) is 4.42. The Morgan fingerprint density at radius 2 is 1.94 bits per heavy atom. The molecular weight excluding hydrogens is 506 g/mol. The van der Waals surface area contributed by atoms with Gasteiger partial charge >= 0.3 is 0 Å². The molecule has 1 fully saturated rings. The van der Waals surface area contributed by atoms with Crippen LogP contribution in [0.25, 0.3) is 23.0 Å². The SMILES string of the molecule is CCCOc1cccc(-c2nn(-c3ccccc3)cc2C=C2SC(=S)N(CCS(=O)(=O)O)C2=O)c1. The van der Waals surface area contributed by atoms with E-state index in [9.17, 15) is 13.2 Å². The van der Waals surface area contributed by atoms with E-state index in [1.165, 1.54) is 4.90 Å². The van der Waals surface area contributed by atoms with Crippen molar-refractivity contribution in [3.8, 4) is 22.7 Å². The van der Waals surface area contributed by atoms with Crippen molar-refractivity contribution in [2.45, 2.75) is 13.3 Å². The highest BCUT2D eigenvalue weighted by Crippen LogP contribution is 2.35. The molecule has 0 atom stereocenters. The molecule has 1 aliphatic heterocycles. The van der Waals surface area contributed by atoms with Crippen LogP contribution in [0.5, 0.6) is 5.75 Å². The Morgan fingerprint density at radius 3 is 2.66 bits per heavy atom. The predicted octanol–water partition coefficient (Wildman–Crippen LogP) is 4.42. The molecule has 1 aromatic heterocycles. The summed E-state index contributed by atoms with van der Waals surface area (Å²) in [4.78, 5) is 14.5. The Labute approximate surface area is 213 Å². The molecule has 0 unspecified atom stereocenters. The standard InChI is InChI=1S/C24H23N3O5S3/c1-2-12-32-20-10-6-7-17(14-20)22-18(16-27(25-22)19-8-4-3-5-9-19)15-21-23(28)26(24(33)34-21)11-13-35(29,30)31/h3-10,14-16H,2,11-13H2,1H3,(H,29,30,31). The molecule has 0 spiro atoms. The van der Waals surface area contributed by atoms with Gasteiger partial charge < -0.3 is 4.74 Å². The molecule has 182 valence electrons. The highest BCUT2D eigenvalue weighted by Gasteiger charge is 2.33. The fourth-order valence-electron chi connectivity index (χ4n) is 3.42. The topological polar surface area (TPSA) is 102 Å². The molecule has 0 aliphatic carbocycles. The minimum Gasteiger partial charge on any atom is -0.494 e. The van der Waals surface area contributed by atoms with Crippen LogP contribution in [0.1, 0.15) is 18.9 Å². The van der Waals surface area contributed by atoms with Gasteiger partial charge in [-0.1, -0.05) is 61.2 Å². The minimum absolute atomic E-state index is 0.214. The van der Waals surface area contributed by atoms with Gasteiger partial charge in [-0.3, -0.25) is 14.2 Å². The third-order valence-electron chi connectivity index (χ3n) is 5.08. The number of thioether (sulfide) groups is 1. The Hall–Kier alpha value is -2.99. The van der Waals surface area contributed by atoms with Gasteiger partial charge in [0.15, 0.2) is 0 Å². The Balaban J connectivity index is 1.73. The van der Waals surface area contributed by atoms with Crippen LogP contribution in [-0.4, -0.2) is 56.8 Å². The predicted molar refractivity (Wildman–Crippen MR) is 141 cm³/mol. The molecule has 1 N–H and O–H groups in total. The second kappa shape index (κ2) is 10.7. The number of hydrogen-bond acceptors (Lipinski definition) is 7. The van der Waals surface area contributed by atoms with Gasteiger partial charge in [-0.2, -0.15) is 13.5 Å². The average Bonchev–Trinajstić information content (AvgIpc) is 3.37. The number of ether oxygens (including phenoxy) is 1. The smallest absolute Gasteiger partial charge is 0.266 e. The van der Waals surface area contributed by atoms with Crippen LogP contribution in [0, 0.1) is 0 Å². The number of carbonyl (C=O) groups is 1. The van der Waals surface area contributed by atoms with Crippen LogP contribution in [0.4, 0.5) is 0 Å². The molecule has 2 heterocycles. The second-order valence-electron chi connectivity index (χ2n) is 7.71. The third-order valence-corrected chi connectivity index (χ3v) is 7.15. The summed E-state index contributed by atoms with van der Waals surface area (Å²) in [5, 5.41) is 4.78. The zero-order valence-corrected chi connectivity index (χ0v) is 21.3. The minimum atomic E-state index is -4.22. The van der Waals surface area contributed by atoms with Crippen molar-refractivity contribution in [2.75, 3.05) is 18.9 Å². The van der Waals surface area contributed by atoms with Crippen molar-refractivity contribution in [1.29, 1.82) is 0 Å². The maximum atomic E-state index is 13.0. The van der Waals surface area contributed by atoms with E-state index < -0.39 is 21.8 Å². The number of aromatic nitrogens is 2. The maximum Gasteiger partial charge on any atom is 0.266 e. The molecule has 35 heavy (non-hydrogen) atoms. The molecule has 4 rings (SSSR count). The number of amides is 1. The van der Waals surface area contributed by atoms with Gasteiger partial charge in [0.2, 0.25) is 0 Å². The lowest BCUT2D eigenvalue weighted by Crippen LogP contribution is -2.32. The first-order chi connectivity index (χ1) is 16.7. The number of benzene rings is 2. The Morgan fingerprint density at radius 1 is 1.17 bits per heavy atom. The van der Waals surface area contributed by atoms with E-state index in [-0.39, 0.29) is 10.9 Å². The zero-order valence-electron chi connectivity index (χ0n) is 18.8. The van der Waals surface area contributed by atoms with E-state index in [1.54, 1.807) is 10.8 Å². The largest absolute Gasteiger partial charge is 0.494 e. The van der Waals surface area contributed by atoms with Crippen molar-refractivity contribution in [2.24, 2.45) is 0 Å². The highest BCUT2D eigenvalue weighted by molar-refractivity contribution is 8.26. The molecule has 2 aromatic carbocycles. The number of thiocarbonyl (C=S) groups is 1. The first-order valence-electron chi connectivity index (χ1n) is 10.8. The summed E-state index contributed by atoms with van der Waals surface area (Å²) >= 11 is 6.36. The van der Waals surface area contributed by atoms with Crippen molar-refractivity contribution >= 4 is 50.4 Å². The molecule has 0 saturated carbocycles. The van der Waals surface area contributed by atoms with Gasteiger partial charge in [0.1, 0.15) is 15.8 Å². The van der Waals surface area contributed by atoms with E-state index in [2.05, 4.69) is 0 Å². The van der Waals surface area contributed by atoms with Crippen LogP contribution < -0.4 is 4.74 Å². The van der Waals surface area contributed by atoms with Crippen molar-refractivity contribution in [3.05, 3.63) is 71.3 Å². The molecule has 1 amide bonds. The Kier molecular flexibility index (Phi) is 7.70. The van der Waals surface area contributed by atoms with Crippen LogP contribution >= 0.6 is 24.0 Å². The number of para-hydroxylation sites is 1. The number of hydrogen-bond donors (Lipinski definition) is 1. The lowest BCUT2D eigenvalue weighted by molar-refractivity contribution is -0.121. The highest BCUT2D eigenvalue weighted by atomic mass is 32.2. The lowest BCUT2D eigenvalue weighted by atomic mass is 10.1. The molecule has 11 heteroatoms. The van der Waals surface area contributed by atoms with Crippen LogP contribution in [0.3, 0.4) is 0 Å². The maximum absolute atomic E-state index is 13.0. The van der Waals surface area contributed by atoms with Crippen molar-refractivity contribution in [1.82, 2.24) is 14.7 Å². The first-order valence-corrected chi connectivity index (χ1v) is 13.7. The van der Waals surface area contributed by atoms with Crippen LogP contribution in [0.2, 0.25) is 0 Å². The van der Waals surface area contributed by atoms with Gasteiger partial charge in [0.25, 0.3) is 16.0 Å². The van der Waals surface area contributed by atoms with E-state index in [0.717, 1.165) is 35.2 Å². The van der Waals surface area contributed by atoms with Crippen LogP contribution in [-0.2, 0) is 14.9 Å². The Bertz CT molecular complexity index is 1380. The van der Waals surface area contributed by atoms with E-state index in [0.29, 0.717) is 22.8 Å².